The number of nitrogens with one attached hydrogen (secondary N) is 1. The number of rotatable bonds is 10. The van der Waals surface area contributed by atoms with Crippen LogP contribution in [0.2, 0.25) is 20.1 Å². The van der Waals surface area contributed by atoms with Crippen LogP contribution in [0.15, 0.2) is 36.4 Å². The van der Waals surface area contributed by atoms with E-state index in [4.69, 9.17) is 77.2 Å². The summed E-state index contributed by atoms with van der Waals surface area (Å²) in [6.45, 7) is 9.03. The zero-order chi connectivity index (χ0) is 40.6. The summed E-state index contributed by atoms with van der Waals surface area (Å²) in [4.78, 5) is 15.0. The molecule has 7 rings (SSSR count). The standard InChI is InChI=1S/C17H22Cl2N6O2.C13H14Cl2N6.C4H8O2.CH4O/c1-27-10-11(26)9-24-5-7-25(8-6-24)17-21-16(20)15(22-23-17)12-3-2-4-13(18)14(12)19;14-9-3-1-2-8(10(9)15)11-12(16)18-13(20-19-11)21-6-4-17-5-7-21;1-5-2-4-3-6-4;1-2/h2-4,11,26H,5-10H2,1H3,(H2,20,21,23);1-3,17H,4-7H2,(H2,16,18,20);4H,2-3H2,1H3;2H,1H3/t11-;;4-;/m0.1./s1. The van der Waals surface area contributed by atoms with E-state index in [1.54, 1.807) is 50.6 Å². The van der Waals surface area contributed by atoms with Crippen LogP contribution in [0.1, 0.15) is 0 Å². The lowest BCUT2D eigenvalue weighted by Crippen LogP contribution is -2.49. The van der Waals surface area contributed by atoms with Gasteiger partial charge in [0.05, 0.1) is 46.0 Å². The molecule has 0 unspecified atom stereocenters. The van der Waals surface area contributed by atoms with Gasteiger partial charge < -0.3 is 51.0 Å². The molecule has 3 aliphatic heterocycles. The highest BCUT2D eigenvalue weighted by atomic mass is 35.5. The molecule has 56 heavy (non-hydrogen) atoms. The summed E-state index contributed by atoms with van der Waals surface area (Å²) in [5, 5.41) is 38.6. The maximum Gasteiger partial charge on any atom is 0.247 e. The van der Waals surface area contributed by atoms with Crippen LogP contribution in [0.25, 0.3) is 22.5 Å². The van der Waals surface area contributed by atoms with E-state index < -0.39 is 6.10 Å². The monoisotopic (exact) mass is 856 g/mol. The number of hydrogen-bond donors (Lipinski definition) is 5. The summed E-state index contributed by atoms with van der Waals surface area (Å²) in [6.07, 6.45) is -0.0631. The highest BCUT2D eigenvalue weighted by molar-refractivity contribution is 6.44. The van der Waals surface area contributed by atoms with Gasteiger partial charge in [-0.05, 0) is 12.1 Å². The number of aromatic nitrogens is 6. The van der Waals surface area contributed by atoms with Crippen molar-refractivity contribution in [2.45, 2.75) is 12.2 Å². The second-order valence-electron chi connectivity index (χ2n) is 12.4. The van der Waals surface area contributed by atoms with Crippen molar-refractivity contribution < 1.29 is 24.4 Å². The van der Waals surface area contributed by atoms with Gasteiger partial charge in [-0.2, -0.15) is 9.97 Å². The number of methoxy groups -OCH3 is 2. The molecule has 0 bridgehead atoms. The number of benzene rings is 2. The molecular formula is C35H48Cl4N12O5. The topological polar surface area (TPSA) is 223 Å². The van der Waals surface area contributed by atoms with Crippen molar-refractivity contribution in [1.82, 2.24) is 40.6 Å². The number of halogens is 4. The number of aliphatic hydroxyl groups is 2. The summed E-state index contributed by atoms with van der Waals surface area (Å²) < 4.78 is 14.5. The van der Waals surface area contributed by atoms with E-state index >= 15 is 0 Å². The third-order valence-corrected chi connectivity index (χ3v) is 10.1. The van der Waals surface area contributed by atoms with Crippen LogP contribution in [0.3, 0.4) is 0 Å². The molecule has 2 atom stereocenters. The van der Waals surface area contributed by atoms with Crippen molar-refractivity contribution in [2.24, 2.45) is 0 Å². The Labute approximate surface area is 346 Å². The molecule has 0 saturated carbocycles. The Morgan fingerprint density at radius 2 is 1.25 bits per heavy atom. The summed E-state index contributed by atoms with van der Waals surface area (Å²) in [7, 11) is 4.26. The lowest BCUT2D eigenvalue weighted by molar-refractivity contribution is 0.0364. The van der Waals surface area contributed by atoms with E-state index in [2.05, 4.69) is 40.6 Å². The molecule has 7 N–H and O–H groups in total. The minimum absolute atomic E-state index is 0.252. The Balaban J connectivity index is 0.000000212. The lowest BCUT2D eigenvalue weighted by atomic mass is 10.1. The zero-order valence-corrected chi connectivity index (χ0v) is 34.4. The molecule has 0 aliphatic carbocycles. The van der Waals surface area contributed by atoms with Crippen LogP contribution in [-0.4, -0.2) is 158 Å². The number of hydrogen-bond acceptors (Lipinski definition) is 17. The predicted molar refractivity (Wildman–Crippen MR) is 221 cm³/mol. The first kappa shape index (κ1) is 45.2. The predicted octanol–water partition coefficient (Wildman–Crippen LogP) is 3.03. The Hall–Kier alpha value is -3.46. The van der Waals surface area contributed by atoms with Gasteiger partial charge >= 0.3 is 0 Å². The molecule has 2 aromatic heterocycles. The molecule has 3 saturated heterocycles. The van der Waals surface area contributed by atoms with Crippen molar-refractivity contribution in [3.05, 3.63) is 56.5 Å². The SMILES string of the molecule is CO.COC[C@@H](O)CN1CCN(c2nnc(-c3cccc(Cl)c3Cl)c(N)n2)CC1.COC[C@@H]1CO1.Nc1nc(N2CCNCC2)nnc1-c1cccc(Cl)c1Cl. The average Bonchev–Trinajstić information content (AvgIpc) is 4.04. The molecule has 4 aromatic rings. The number of ether oxygens (including phenoxy) is 3. The average molecular weight is 859 g/mol. The van der Waals surface area contributed by atoms with Crippen LogP contribution < -0.4 is 26.6 Å². The van der Waals surface area contributed by atoms with Gasteiger partial charge in [0.1, 0.15) is 17.5 Å². The van der Waals surface area contributed by atoms with Gasteiger partial charge in [-0.3, -0.25) is 4.90 Å². The maximum absolute atomic E-state index is 9.85. The van der Waals surface area contributed by atoms with Crippen molar-refractivity contribution in [3.63, 3.8) is 0 Å². The maximum atomic E-state index is 9.85. The van der Waals surface area contributed by atoms with Gasteiger partial charge in [0.2, 0.25) is 11.9 Å². The van der Waals surface area contributed by atoms with Crippen LogP contribution in [0.5, 0.6) is 0 Å². The number of piperazine rings is 2. The summed E-state index contributed by atoms with van der Waals surface area (Å²) in [6, 6.07) is 10.5. The Kier molecular flexibility index (Phi) is 18.6. The Morgan fingerprint density at radius 1 is 0.768 bits per heavy atom. The van der Waals surface area contributed by atoms with Crippen LogP contribution in [0, 0.1) is 0 Å². The van der Waals surface area contributed by atoms with E-state index in [9.17, 15) is 5.11 Å². The number of β-amino-alcohol motifs (C(OH)–C–C–N with tert-alkyl or cyclic N) is 1. The fourth-order valence-corrected chi connectivity index (χ4v) is 6.35. The molecular weight excluding hydrogens is 810 g/mol. The molecule has 0 radical (unpaired) electrons. The smallest absolute Gasteiger partial charge is 0.247 e. The lowest BCUT2D eigenvalue weighted by Gasteiger charge is -2.35. The van der Waals surface area contributed by atoms with E-state index in [0.717, 1.165) is 72.7 Å². The minimum atomic E-state index is -0.489. The first-order chi connectivity index (χ1) is 27.1. The van der Waals surface area contributed by atoms with Gasteiger partial charge in [-0.15, -0.1) is 20.4 Å². The molecule has 17 nitrogen and oxygen atoms in total. The quantitative estimate of drug-likeness (QED) is 0.145. The van der Waals surface area contributed by atoms with Gasteiger partial charge in [0, 0.05) is 91.4 Å². The normalized spacial score (nSPS) is 17.1. The number of anilines is 4. The minimum Gasteiger partial charge on any atom is -0.400 e. The fraction of sp³-hybridized carbons (Fsp3) is 0.486. The first-order valence-electron chi connectivity index (χ1n) is 17.6. The van der Waals surface area contributed by atoms with Gasteiger partial charge in [-0.25, -0.2) is 0 Å². The number of nitrogens with two attached hydrogens (primary N) is 2. The van der Waals surface area contributed by atoms with E-state index in [1.807, 2.05) is 9.80 Å². The third-order valence-electron chi connectivity index (χ3n) is 8.46. The van der Waals surface area contributed by atoms with Gasteiger partial charge in [0.25, 0.3) is 0 Å². The molecule has 5 heterocycles. The summed E-state index contributed by atoms with van der Waals surface area (Å²) >= 11 is 24.5. The summed E-state index contributed by atoms with van der Waals surface area (Å²) in [5.41, 5.74) is 14.2. The van der Waals surface area contributed by atoms with E-state index in [-0.39, 0.29) is 5.82 Å². The first-order valence-corrected chi connectivity index (χ1v) is 19.1. The van der Waals surface area contributed by atoms with Crippen molar-refractivity contribution in [2.75, 3.05) is 121 Å². The van der Waals surface area contributed by atoms with Gasteiger partial charge in [0.15, 0.2) is 11.6 Å². The number of nitrogens with zero attached hydrogens (tertiary/aromatic N) is 9. The number of aliphatic hydroxyl groups excluding tert-OH is 2. The molecule has 21 heteroatoms. The molecule has 0 amide bonds. The largest absolute Gasteiger partial charge is 0.400 e. The van der Waals surface area contributed by atoms with Crippen LogP contribution in [-0.2, 0) is 14.2 Å². The molecule has 3 aliphatic rings. The van der Waals surface area contributed by atoms with Crippen LogP contribution in [0.4, 0.5) is 23.5 Å². The number of epoxide rings is 1. The van der Waals surface area contributed by atoms with Crippen molar-refractivity contribution in [1.29, 1.82) is 0 Å². The molecule has 306 valence electrons. The summed E-state index contributed by atoms with van der Waals surface area (Å²) in [5.74, 6) is 1.56. The highest BCUT2D eigenvalue weighted by Gasteiger charge is 2.23. The zero-order valence-electron chi connectivity index (χ0n) is 31.4. The number of nitrogen functional groups attached to an aromatic ring is 2. The Bertz CT molecular complexity index is 1820. The van der Waals surface area contributed by atoms with Gasteiger partial charge in [-0.1, -0.05) is 70.7 Å². The van der Waals surface area contributed by atoms with E-state index in [0.29, 0.717) is 79.6 Å². The fourth-order valence-electron chi connectivity index (χ4n) is 5.57. The van der Waals surface area contributed by atoms with Crippen molar-refractivity contribution in [3.8, 4) is 22.5 Å². The van der Waals surface area contributed by atoms with E-state index in [1.165, 1.54) is 0 Å². The van der Waals surface area contributed by atoms with Crippen LogP contribution >= 0.6 is 46.4 Å². The highest BCUT2D eigenvalue weighted by Crippen LogP contribution is 2.35. The van der Waals surface area contributed by atoms with Crippen molar-refractivity contribution >= 4 is 69.9 Å². The molecule has 2 aromatic carbocycles. The third kappa shape index (κ3) is 13.0. The molecule has 0 spiro atoms. The Morgan fingerprint density at radius 3 is 1.66 bits per heavy atom. The second kappa shape index (κ2) is 23.1. The second-order valence-corrected chi connectivity index (χ2v) is 14.0. The molecule has 3 fully saturated rings.